The monoisotopic (exact) mass is 341 g/mol. The molecule has 0 spiro atoms. The van der Waals surface area contributed by atoms with E-state index in [1.807, 2.05) is 19.1 Å². The lowest BCUT2D eigenvalue weighted by Gasteiger charge is -2.23. The second kappa shape index (κ2) is 6.33. The van der Waals surface area contributed by atoms with Crippen LogP contribution in [-0.4, -0.2) is 33.3 Å². The normalized spacial score (nSPS) is 18.3. The van der Waals surface area contributed by atoms with Crippen molar-refractivity contribution in [2.75, 3.05) is 6.54 Å². The van der Waals surface area contributed by atoms with Crippen LogP contribution in [-0.2, 0) is 13.0 Å². The topological polar surface area (TPSA) is 51.3 Å². The van der Waals surface area contributed by atoms with Crippen LogP contribution in [0.3, 0.4) is 0 Å². The van der Waals surface area contributed by atoms with E-state index >= 15 is 0 Å². The molecule has 1 amide bonds. The molecule has 2 aromatic heterocycles. The van der Waals surface area contributed by atoms with Crippen LogP contribution in [0.25, 0.3) is 0 Å². The minimum absolute atomic E-state index is 0.0542. The minimum Gasteiger partial charge on any atom is -0.464 e. The third kappa shape index (κ3) is 3.32. The molecular weight excluding hydrogens is 323 g/mol. The third-order valence-corrected chi connectivity index (χ3v) is 4.14. The number of halogens is 3. The van der Waals surface area contributed by atoms with Crippen LogP contribution in [0.4, 0.5) is 13.2 Å². The van der Waals surface area contributed by atoms with Gasteiger partial charge in [0.15, 0.2) is 0 Å². The van der Waals surface area contributed by atoms with Crippen molar-refractivity contribution in [3.63, 3.8) is 0 Å². The van der Waals surface area contributed by atoms with E-state index in [1.165, 1.54) is 12.3 Å². The second-order valence-electron chi connectivity index (χ2n) is 5.80. The van der Waals surface area contributed by atoms with E-state index < -0.39 is 18.6 Å². The molecule has 5 nitrogen and oxygen atoms in total. The lowest BCUT2D eigenvalue weighted by Crippen LogP contribution is -2.33. The summed E-state index contributed by atoms with van der Waals surface area (Å²) in [5.41, 5.74) is -0.0542. The Morgan fingerprint density at radius 3 is 2.83 bits per heavy atom. The molecule has 0 N–H and O–H groups in total. The molecule has 1 fully saturated rings. The van der Waals surface area contributed by atoms with E-state index in [2.05, 4.69) is 5.10 Å². The summed E-state index contributed by atoms with van der Waals surface area (Å²) in [6.07, 6.45) is -0.949. The van der Waals surface area contributed by atoms with Gasteiger partial charge in [-0.1, -0.05) is 6.92 Å². The first-order valence-electron chi connectivity index (χ1n) is 7.87. The van der Waals surface area contributed by atoms with Gasteiger partial charge in [0, 0.05) is 19.2 Å². The van der Waals surface area contributed by atoms with E-state index in [4.69, 9.17) is 4.42 Å². The number of hydrogen-bond donors (Lipinski definition) is 0. The van der Waals surface area contributed by atoms with Gasteiger partial charge in [0.2, 0.25) is 0 Å². The van der Waals surface area contributed by atoms with E-state index in [9.17, 15) is 18.0 Å². The molecular formula is C16H18F3N3O2. The van der Waals surface area contributed by atoms with Crippen molar-refractivity contribution in [3.8, 4) is 0 Å². The number of hydrogen-bond acceptors (Lipinski definition) is 3. The fourth-order valence-electron chi connectivity index (χ4n) is 3.03. The zero-order valence-electron chi connectivity index (χ0n) is 13.2. The van der Waals surface area contributed by atoms with Crippen LogP contribution in [0, 0.1) is 0 Å². The van der Waals surface area contributed by atoms with Crippen molar-refractivity contribution >= 4 is 5.91 Å². The van der Waals surface area contributed by atoms with E-state index in [0.717, 1.165) is 25.0 Å². The minimum atomic E-state index is -4.43. The highest BCUT2D eigenvalue weighted by Crippen LogP contribution is 2.34. The predicted molar refractivity (Wildman–Crippen MR) is 79.4 cm³/mol. The lowest BCUT2D eigenvalue weighted by atomic mass is 10.1. The Labute approximate surface area is 137 Å². The Hall–Kier alpha value is -2.25. The summed E-state index contributed by atoms with van der Waals surface area (Å²) in [6, 6.07) is 4.78. The maximum atomic E-state index is 12.7. The zero-order chi connectivity index (χ0) is 17.3. The van der Waals surface area contributed by atoms with Gasteiger partial charge in [-0.2, -0.15) is 18.3 Å². The van der Waals surface area contributed by atoms with Gasteiger partial charge in [-0.15, -0.1) is 0 Å². The first-order valence-corrected chi connectivity index (χ1v) is 7.87. The highest BCUT2D eigenvalue weighted by Gasteiger charge is 2.36. The maximum absolute atomic E-state index is 12.7. The molecule has 1 atom stereocenters. The summed E-state index contributed by atoms with van der Waals surface area (Å²) < 4.78 is 44.3. The van der Waals surface area contributed by atoms with Gasteiger partial charge in [-0.25, -0.2) is 0 Å². The highest BCUT2D eigenvalue weighted by atomic mass is 19.4. The molecule has 3 rings (SSSR count). The maximum Gasteiger partial charge on any atom is 0.408 e. The summed E-state index contributed by atoms with van der Waals surface area (Å²) in [5.74, 6) is 1.06. The summed E-state index contributed by atoms with van der Waals surface area (Å²) in [4.78, 5) is 14.3. The smallest absolute Gasteiger partial charge is 0.408 e. The van der Waals surface area contributed by atoms with Gasteiger partial charge in [0.05, 0.1) is 6.04 Å². The van der Waals surface area contributed by atoms with Crippen LogP contribution in [0.2, 0.25) is 0 Å². The van der Waals surface area contributed by atoms with Crippen LogP contribution in [0.1, 0.15) is 47.8 Å². The quantitative estimate of drug-likeness (QED) is 0.854. The fourth-order valence-corrected chi connectivity index (χ4v) is 3.03. The number of rotatable bonds is 4. The molecule has 8 heteroatoms. The molecule has 2 aromatic rings. The number of likely N-dealkylation sites (tertiary alicyclic amines) is 1. The Morgan fingerprint density at radius 2 is 2.17 bits per heavy atom. The largest absolute Gasteiger partial charge is 0.464 e. The van der Waals surface area contributed by atoms with Gasteiger partial charge in [0.25, 0.3) is 5.91 Å². The molecule has 1 unspecified atom stereocenters. The molecule has 1 aliphatic rings. The van der Waals surface area contributed by atoms with Gasteiger partial charge in [-0.05, 0) is 31.0 Å². The molecule has 0 radical (unpaired) electrons. The molecule has 1 aliphatic heterocycles. The molecule has 0 aliphatic carbocycles. The van der Waals surface area contributed by atoms with Crippen molar-refractivity contribution in [3.05, 3.63) is 41.6 Å². The Morgan fingerprint density at radius 1 is 1.38 bits per heavy atom. The number of amides is 1. The van der Waals surface area contributed by atoms with Gasteiger partial charge in [0.1, 0.15) is 23.8 Å². The van der Waals surface area contributed by atoms with Crippen LogP contribution < -0.4 is 0 Å². The second-order valence-corrected chi connectivity index (χ2v) is 5.80. The predicted octanol–water partition coefficient (Wildman–Crippen LogP) is 3.58. The molecule has 130 valence electrons. The standard InChI is InChI=1S/C16H18F3N3O2/c1-2-11-5-6-14(24-11)12-4-3-9-21(12)15(23)13-7-8-20-22(13)10-16(17,18)19/h5-8,12H,2-4,9-10H2,1H3. The van der Waals surface area contributed by atoms with Gasteiger partial charge in [-0.3, -0.25) is 9.48 Å². The molecule has 24 heavy (non-hydrogen) atoms. The van der Waals surface area contributed by atoms with Crippen molar-refractivity contribution in [1.29, 1.82) is 0 Å². The molecule has 1 saturated heterocycles. The highest BCUT2D eigenvalue weighted by molar-refractivity contribution is 5.93. The first-order chi connectivity index (χ1) is 11.4. The van der Waals surface area contributed by atoms with Crippen LogP contribution in [0.15, 0.2) is 28.8 Å². The van der Waals surface area contributed by atoms with Gasteiger partial charge < -0.3 is 9.32 Å². The lowest BCUT2D eigenvalue weighted by molar-refractivity contribution is -0.142. The average molecular weight is 341 g/mol. The van der Waals surface area contributed by atoms with Gasteiger partial charge >= 0.3 is 6.18 Å². The SMILES string of the molecule is CCc1ccc(C2CCCN2C(=O)c2ccnn2CC(F)(F)F)o1. The number of carbonyl (C=O) groups is 1. The summed E-state index contributed by atoms with van der Waals surface area (Å²) in [7, 11) is 0. The number of aromatic nitrogens is 2. The molecule has 0 aromatic carbocycles. The summed E-state index contributed by atoms with van der Waals surface area (Å²) >= 11 is 0. The Kier molecular flexibility index (Phi) is 4.38. The summed E-state index contributed by atoms with van der Waals surface area (Å²) in [6.45, 7) is 1.18. The number of furan rings is 1. The number of aryl methyl sites for hydroxylation is 1. The Bertz CT molecular complexity index is 720. The van der Waals surface area contributed by atoms with Crippen molar-refractivity contribution < 1.29 is 22.4 Å². The number of carbonyl (C=O) groups excluding carboxylic acids is 1. The summed E-state index contributed by atoms with van der Waals surface area (Å²) in [5, 5.41) is 3.63. The van der Waals surface area contributed by atoms with E-state index in [-0.39, 0.29) is 11.7 Å². The first kappa shape index (κ1) is 16.6. The van der Waals surface area contributed by atoms with Crippen LogP contribution in [0.5, 0.6) is 0 Å². The van der Waals surface area contributed by atoms with E-state index in [1.54, 1.807) is 4.90 Å². The Balaban J connectivity index is 1.83. The number of nitrogens with zero attached hydrogens (tertiary/aromatic N) is 3. The molecule has 0 saturated carbocycles. The molecule has 0 bridgehead atoms. The van der Waals surface area contributed by atoms with Crippen molar-refractivity contribution in [1.82, 2.24) is 14.7 Å². The van der Waals surface area contributed by atoms with Crippen molar-refractivity contribution in [2.45, 2.75) is 44.9 Å². The number of alkyl halides is 3. The van der Waals surface area contributed by atoms with Crippen molar-refractivity contribution in [2.24, 2.45) is 0 Å². The van der Waals surface area contributed by atoms with Crippen LogP contribution >= 0.6 is 0 Å². The average Bonchev–Trinajstić information content (AvgIpc) is 3.24. The van der Waals surface area contributed by atoms with E-state index in [0.29, 0.717) is 17.0 Å². The zero-order valence-corrected chi connectivity index (χ0v) is 13.2. The third-order valence-electron chi connectivity index (χ3n) is 4.14. The fraction of sp³-hybridized carbons (Fsp3) is 0.500. The molecule has 3 heterocycles.